The third-order valence-electron chi connectivity index (χ3n) is 3.55. The van der Waals surface area contributed by atoms with Gasteiger partial charge in [0.2, 0.25) is 11.2 Å². The first-order valence-corrected chi connectivity index (χ1v) is 6.75. The molecule has 0 saturated heterocycles. The van der Waals surface area contributed by atoms with Crippen LogP contribution in [-0.4, -0.2) is 0 Å². The predicted molar refractivity (Wildman–Crippen MR) is 80.0 cm³/mol. The molecule has 3 aromatic rings. The number of aromatic amines is 1. The molecular formula is C18H18N+. The van der Waals surface area contributed by atoms with Crippen LogP contribution in [0.25, 0.3) is 22.2 Å². The van der Waals surface area contributed by atoms with Gasteiger partial charge in [0, 0.05) is 23.1 Å². The van der Waals surface area contributed by atoms with Gasteiger partial charge in [0.15, 0.2) is 0 Å². The van der Waals surface area contributed by atoms with Gasteiger partial charge in [-0.15, -0.1) is 0 Å². The van der Waals surface area contributed by atoms with Crippen molar-refractivity contribution in [3.8, 4) is 11.3 Å². The summed E-state index contributed by atoms with van der Waals surface area (Å²) >= 11 is 0. The summed E-state index contributed by atoms with van der Waals surface area (Å²) in [6, 6.07) is 21.5. The molecule has 1 nitrogen and oxygen atoms in total. The standard InChI is InChI=1S/C18H17N/c1-13(2)14-7-9-16(10-8-14)18-12-11-15-5-3-4-6-17(15)19-18/h3-13H,1-2H3/p+1. The van der Waals surface area contributed by atoms with Crippen LogP contribution in [0.4, 0.5) is 0 Å². The molecule has 0 bridgehead atoms. The van der Waals surface area contributed by atoms with Crippen LogP contribution < -0.4 is 4.98 Å². The molecule has 1 N–H and O–H groups in total. The largest absolute Gasteiger partial charge is 0.211 e. The summed E-state index contributed by atoms with van der Waals surface area (Å²) in [7, 11) is 0. The molecule has 0 spiro atoms. The summed E-state index contributed by atoms with van der Waals surface area (Å²) in [4.78, 5) is 3.49. The summed E-state index contributed by atoms with van der Waals surface area (Å²) in [6.45, 7) is 4.44. The molecule has 0 radical (unpaired) electrons. The number of aromatic nitrogens is 1. The molecule has 1 heteroatoms. The van der Waals surface area contributed by atoms with E-state index in [0.29, 0.717) is 5.92 Å². The van der Waals surface area contributed by atoms with Crippen LogP contribution in [0.3, 0.4) is 0 Å². The molecular weight excluding hydrogens is 230 g/mol. The van der Waals surface area contributed by atoms with Crippen molar-refractivity contribution in [2.24, 2.45) is 0 Å². The van der Waals surface area contributed by atoms with Crippen molar-refractivity contribution in [2.75, 3.05) is 0 Å². The lowest BCUT2D eigenvalue weighted by Crippen LogP contribution is -2.07. The number of para-hydroxylation sites is 1. The van der Waals surface area contributed by atoms with E-state index in [2.05, 4.69) is 79.5 Å². The fourth-order valence-electron chi connectivity index (χ4n) is 2.33. The van der Waals surface area contributed by atoms with Crippen LogP contribution in [0.1, 0.15) is 25.3 Å². The minimum Gasteiger partial charge on any atom is -0.204 e. The number of benzene rings is 2. The Morgan fingerprint density at radius 1 is 0.789 bits per heavy atom. The van der Waals surface area contributed by atoms with Crippen molar-refractivity contribution in [3.63, 3.8) is 0 Å². The van der Waals surface area contributed by atoms with Gasteiger partial charge in [-0.2, -0.15) is 0 Å². The number of pyridine rings is 1. The molecule has 1 aromatic heterocycles. The van der Waals surface area contributed by atoms with Gasteiger partial charge >= 0.3 is 0 Å². The highest BCUT2D eigenvalue weighted by atomic mass is 14.7. The molecule has 0 unspecified atom stereocenters. The van der Waals surface area contributed by atoms with Crippen molar-refractivity contribution in [1.82, 2.24) is 0 Å². The molecule has 1 heterocycles. The van der Waals surface area contributed by atoms with E-state index in [1.807, 2.05) is 0 Å². The van der Waals surface area contributed by atoms with E-state index in [1.54, 1.807) is 0 Å². The highest BCUT2D eigenvalue weighted by Gasteiger charge is 2.08. The first-order chi connectivity index (χ1) is 9.24. The van der Waals surface area contributed by atoms with Gasteiger partial charge in [-0.05, 0) is 35.7 Å². The summed E-state index contributed by atoms with van der Waals surface area (Å²) < 4.78 is 0. The van der Waals surface area contributed by atoms with Crippen molar-refractivity contribution in [2.45, 2.75) is 19.8 Å². The van der Waals surface area contributed by atoms with Crippen LogP contribution in [0, 0.1) is 0 Å². The summed E-state index contributed by atoms with van der Waals surface area (Å²) in [5.74, 6) is 0.578. The molecule has 94 valence electrons. The first kappa shape index (κ1) is 11.9. The average Bonchev–Trinajstić information content (AvgIpc) is 2.47. The third kappa shape index (κ3) is 2.37. The lowest BCUT2D eigenvalue weighted by atomic mass is 10.0. The van der Waals surface area contributed by atoms with Gasteiger partial charge in [0.25, 0.3) is 0 Å². The normalized spacial score (nSPS) is 11.1. The van der Waals surface area contributed by atoms with Gasteiger partial charge in [-0.25, -0.2) is 4.98 Å². The van der Waals surface area contributed by atoms with Crippen molar-refractivity contribution in [3.05, 3.63) is 66.2 Å². The van der Waals surface area contributed by atoms with E-state index >= 15 is 0 Å². The number of rotatable bonds is 2. The monoisotopic (exact) mass is 248 g/mol. The molecule has 0 amide bonds. The molecule has 19 heavy (non-hydrogen) atoms. The molecule has 2 aromatic carbocycles. The summed E-state index contributed by atoms with van der Waals surface area (Å²) in [6.07, 6.45) is 0. The number of fused-ring (bicyclic) bond motifs is 1. The number of hydrogen-bond donors (Lipinski definition) is 0. The number of H-pyrrole nitrogens is 1. The smallest absolute Gasteiger partial charge is 0.204 e. The van der Waals surface area contributed by atoms with Gasteiger partial charge in [-0.3, -0.25) is 0 Å². The maximum Gasteiger partial charge on any atom is 0.211 e. The van der Waals surface area contributed by atoms with E-state index in [1.165, 1.54) is 22.0 Å². The van der Waals surface area contributed by atoms with Crippen LogP contribution in [0.2, 0.25) is 0 Å². The number of hydrogen-bond acceptors (Lipinski definition) is 0. The fourth-order valence-corrected chi connectivity index (χ4v) is 2.33. The highest BCUT2D eigenvalue weighted by Crippen LogP contribution is 2.21. The second-order valence-corrected chi connectivity index (χ2v) is 5.24. The van der Waals surface area contributed by atoms with Crippen LogP contribution >= 0.6 is 0 Å². The minimum atomic E-state index is 0.578. The second kappa shape index (κ2) is 4.85. The lowest BCUT2D eigenvalue weighted by molar-refractivity contribution is -0.330. The van der Waals surface area contributed by atoms with E-state index in [-0.39, 0.29) is 0 Å². The predicted octanol–water partition coefficient (Wildman–Crippen LogP) is 4.44. The Labute approximate surface area is 113 Å². The van der Waals surface area contributed by atoms with Gasteiger partial charge in [0.1, 0.15) is 0 Å². The first-order valence-electron chi connectivity index (χ1n) is 6.75. The maximum absolute atomic E-state index is 3.49. The van der Waals surface area contributed by atoms with E-state index in [0.717, 1.165) is 5.69 Å². The zero-order valence-electron chi connectivity index (χ0n) is 11.4. The average molecular weight is 248 g/mol. The topological polar surface area (TPSA) is 14.1 Å². The van der Waals surface area contributed by atoms with Crippen molar-refractivity contribution < 1.29 is 4.98 Å². The Morgan fingerprint density at radius 3 is 2.26 bits per heavy atom. The highest BCUT2D eigenvalue weighted by molar-refractivity contribution is 5.77. The second-order valence-electron chi connectivity index (χ2n) is 5.24. The van der Waals surface area contributed by atoms with E-state index in [9.17, 15) is 0 Å². The molecule has 3 rings (SSSR count). The molecule has 0 fully saturated rings. The van der Waals surface area contributed by atoms with Crippen LogP contribution in [0.5, 0.6) is 0 Å². The lowest BCUT2D eigenvalue weighted by Gasteiger charge is -2.05. The van der Waals surface area contributed by atoms with E-state index < -0.39 is 0 Å². The fraction of sp³-hybridized carbons (Fsp3) is 0.167. The Balaban J connectivity index is 2.03. The van der Waals surface area contributed by atoms with Gasteiger partial charge in [0.05, 0.1) is 0 Å². The Morgan fingerprint density at radius 2 is 1.53 bits per heavy atom. The molecule has 0 aliphatic carbocycles. The zero-order valence-corrected chi connectivity index (χ0v) is 11.4. The van der Waals surface area contributed by atoms with Gasteiger partial charge < -0.3 is 0 Å². The minimum absolute atomic E-state index is 0.578. The van der Waals surface area contributed by atoms with Gasteiger partial charge in [-0.1, -0.05) is 38.1 Å². The maximum atomic E-state index is 3.49. The Kier molecular flexibility index (Phi) is 3.04. The molecule has 0 aliphatic rings. The molecule has 0 atom stereocenters. The SMILES string of the molecule is CC(C)c1ccc(-c2ccc3ccccc3[nH+]2)cc1. The van der Waals surface area contributed by atoms with E-state index in [4.69, 9.17) is 0 Å². The summed E-state index contributed by atoms with van der Waals surface area (Å²) in [5.41, 5.74) is 4.95. The quantitative estimate of drug-likeness (QED) is 0.636. The number of nitrogens with one attached hydrogen (secondary N) is 1. The third-order valence-corrected chi connectivity index (χ3v) is 3.55. The Hall–Kier alpha value is -2.15. The molecule has 0 saturated carbocycles. The Bertz CT molecular complexity index is 696. The van der Waals surface area contributed by atoms with Crippen molar-refractivity contribution in [1.29, 1.82) is 0 Å². The summed E-state index contributed by atoms with van der Waals surface area (Å²) in [5, 5.41) is 1.24. The molecule has 0 aliphatic heterocycles. The van der Waals surface area contributed by atoms with Crippen molar-refractivity contribution >= 4 is 10.9 Å². The zero-order chi connectivity index (χ0) is 13.2. The van der Waals surface area contributed by atoms with Crippen LogP contribution in [0.15, 0.2) is 60.7 Å². The van der Waals surface area contributed by atoms with Crippen LogP contribution in [-0.2, 0) is 0 Å².